The summed E-state index contributed by atoms with van der Waals surface area (Å²) in [6, 6.07) is 11.6. The Kier molecular flexibility index (Phi) is 5.36. The Balaban J connectivity index is 1.39. The number of amides is 1. The Morgan fingerprint density at radius 1 is 1.29 bits per heavy atom. The number of H-pyrrole nitrogens is 1. The molecule has 1 amide bonds. The van der Waals surface area contributed by atoms with E-state index in [0.29, 0.717) is 18.2 Å². The van der Waals surface area contributed by atoms with E-state index in [1.807, 2.05) is 48.0 Å². The van der Waals surface area contributed by atoms with Crippen LogP contribution in [0.15, 0.2) is 48.0 Å². The molecule has 0 bridgehead atoms. The minimum atomic E-state index is -0.326. The fourth-order valence-electron chi connectivity index (χ4n) is 2.85. The molecule has 0 radical (unpaired) electrons. The first kappa shape index (κ1) is 18.2. The van der Waals surface area contributed by atoms with Crippen LogP contribution in [0.5, 0.6) is 5.75 Å². The van der Waals surface area contributed by atoms with Crippen LogP contribution in [0.1, 0.15) is 0 Å². The molecule has 3 heterocycles. The van der Waals surface area contributed by atoms with Crippen molar-refractivity contribution in [2.45, 2.75) is 6.54 Å². The molecule has 0 fully saturated rings. The molecule has 0 atom stereocenters. The summed E-state index contributed by atoms with van der Waals surface area (Å²) in [5.74, 6) is 1.17. The molecule has 8 nitrogen and oxygen atoms in total. The number of thiophene rings is 1. The number of benzene rings is 1. The van der Waals surface area contributed by atoms with Gasteiger partial charge in [-0.25, -0.2) is 0 Å². The molecular weight excluding hydrogens is 378 g/mol. The quantitative estimate of drug-likeness (QED) is 0.476. The smallest absolute Gasteiger partial charge is 0.264 e. The topological polar surface area (TPSA) is 94.1 Å². The number of ether oxygens (including phenoxy) is 2. The molecule has 4 rings (SSSR count). The van der Waals surface area contributed by atoms with Crippen molar-refractivity contribution in [1.29, 1.82) is 0 Å². The molecule has 0 aliphatic carbocycles. The summed E-state index contributed by atoms with van der Waals surface area (Å²) >= 11 is 1.54. The summed E-state index contributed by atoms with van der Waals surface area (Å²) in [4.78, 5) is 17.4. The van der Waals surface area contributed by atoms with Crippen molar-refractivity contribution in [3.05, 3.63) is 48.0 Å². The summed E-state index contributed by atoms with van der Waals surface area (Å²) in [5.41, 5.74) is 1.03. The van der Waals surface area contributed by atoms with Gasteiger partial charge >= 0.3 is 0 Å². The average Bonchev–Trinajstić information content (AvgIpc) is 3.45. The first-order valence-corrected chi connectivity index (χ1v) is 9.58. The van der Waals surface area contributed by atoms with Gasteiger partial charge in [0.05, 0.1) is 17.0 Å². The third-order valence-electron chi connectivity index (χ3n) is 4.16. The van der Waals surface area contributed by atoms with Gasteiger partial charge in [-0.15, -0.1) is 16.4 Å². The molecule has 0 spiro atoms. The number of nitrogens with one attached hydrogen (secondary N) is 2. The predicted molar refractivity (Wildman–Crippen MR) is 108 cm³/mol. The number of carbonyl (C=O) groups excluding carboxylic acids is 1. The molecule has 4 aromatic rings. The van der Waals surface area contributed by atoms with E-state index in [-0.39, 0.29) is 18.5 Å². The van der Waals surface area contributed by atoms with E-state index < -0.39 is 0 Å². The van der Waals surface area contributed by atoms with Crippen LogP contribution in [0, 0.1) is 0 Å². The normalized spacial score (nSPS) is 11.0. The number of aromatic nitrogens is 4. The Hall–Kier alpha value is -3.17. The number of methoxy groups -OCH3 is 1. The zero-order valence-electron chi connectivity index (χ0n) is 15.2. The van der Waals surface area contributed by atoms with Crippen LogP contribution in [0.4, 0.5) is 5.95 Å². The third kappa shape index (κ3) is 3.90. The van der Waals surface area contributed by atoms with Crippen LogP contribution in [0.3, 0.4) is 0 Å². The van der Waals surface area contributed by atoms with Crippen molar-refractivity contribution in [3.63, 3.8) is 0 Å². The summed E-state index contributed by atoms with van der Waals surface area (Å²) in [7, 11) is 1.68. The molecule has 0 aliphatic rings. The average molecular weight is 397 g/mol. The standard InChI is InChI=1S/C19H19N5O3S/c1-26-10-9-24-8-7-13-14(24)4-2-5-15(13)27-12-17(25)20-19-21-18(22-23-19)16-6-3-11-28-16/h2-8,11H,9-10,12H2,1H3,(H2,20,21,22,23,25). The van der Waals surface area contributed by atoms with Gasteiger partial charge in [-0.2, -0.15) is 4.98 Å². The van der Waals surface area contributed by atoms with Crippen molar-refractivity contribution in [2.24, 2.45) is 0 Å². The SMILES string of the molecule is COCCn1ccc2c(OCC(=O)Nc3n[nH]c(-c4cccs4)n3)cccc21. The minimum Gasteiger partial charge on any atom is -0.483 e. The van der Waals surface area contributed by atoms with Crippen molar-refractivity contribution >= 4 is 34.1 Å². The lowest BCUT2D eigenvalue weighted by Gasteiger charge is -2.08. The maximum Gasteiger partial charge on any atom is 0.264 e. The fraction of sp³-hybridized carbons (Fsp3) is 0.211. The summed E-state index contributed by atoms with van der Waals surface area (Å²) < 4.78 is 13.0. The van der Waals surface area contributed by atoms with Gasteiger partial charge in [-0.1, -0.05) is 12.1 Å². The van der Waals surface area contributed by atoms with E-state index in [4.69, 9.17) is 9.47 Å². The van der Waals surface area contributed by atoms with Crippen molar-refractivity contribution in [2.75, 3.05) is 25.6 Å². The van der Waals surface area contributed by atoms with Crippen LogP contribution < -0.4 is 10.1 Å². The maximum atomic E-state index is 12.2. The lowest BCUT2D eigenvalue weighted by molar-refractivity contribution is -0.118. The zero-order valence-corrected chi connectivity index (χ0v) is 16.0. The van der Waals surface area contributed by atoms with Gasteiger partial charge in [0.2, 0.25) is 5.95 Å². The molecule has 0 saturated heterocycles. The molecule has 144 valence electrons. The van der Waals surface area contributed by atoms with E-state index in [0.717, 1.165) is 22.3 Å². The number of hydrogen-bond acceptors (Lipinski definition) is 6. The van der Waals surface area contributed by atoms with Crippen molar-refractivity contribution in [1.82, 2.24) is 19.7 Å². The second-order valence-electron chi connectivity index (χ2n) is 6.01. The van der Waals surface area contributed by atoms with E-state index in [9.17, 15) is 4.79 Å². The lowest BCUT2D eigenvalue weighted by Crippen LogP contribution is -2.20. The Morgan fingerprint density at radius 3 is 3.04 bits per heavy atom. The van der Waals surface area contributed by atoms with Crippen molar-refractivity contribution < 1.29 is 14.3 Å². The highest BCUT2D eigenvalue weighted by Crippen LogP contribution is 2.26. The monoisotopic (exact) mass is 397 g/mol. The van der Waals surface area contributed by atoms with Crippen LogP contribution in [0.2, 0.25) is 0 Å². The van der Waals surface area contributed by atoms with Gasteiger partial charge in [-0.05, 0) is 29.6 Å². The van der Waals surface area contributed by atoms with E-state index in [1.54, 1.807) is 18.4 Å². The molecule has 28 heavy (non-hydrogen) atoms. The lowest BCUT2D eigenvalue weighted by atomic mass is 10.2. The molecule has 0 aliphatic heterocycles. The highest BCUT2D eigenvalue weighted by Gasteiger charge is 2.12. The molecule has 2 N–H and O–H groups in total. The van der Waals surface area contributed by atoms with Gasteiger partial charge in [0.15, 0.2) is 12.4 Å². The van der Waals surface area contributed by atoms with E-state index in [2.05, 4.69) is 25.1 Å². The minimum absolute atomic E-state index is 0.134. The van der Waals surface area contributed by atoms with E-state index >= 15 is 0 Å². The van der Waals surface area contributed by atoms with Gasteiger partial charge in [-0.3, -0.25) is 15.2 Å². The number of carbonyl (C=O) groups is 1. The molecule has 0 unspecified atom stereocenters. The second kappa shape index (κ2) is 8.24. The number of fused-ring (bicyclic) bond motifs is 1. The second-order valence-corrected chi connectivity index (χ2v) is 6.96. The predicted octanol–water partition coefficient (Wildman–Crippen LogP) is 3.15. The number of rotatable bonds is 8. The first-order valence-electron chi connectivity index (χ1n) is 8.70. The Bertz CT molecular complexity index is 1070. The van der Waals surface area contributed by atoms with Crippen LogP contribution >= 0.6 is 11.3 Å². The number of aromatic amines is 1. The van der Waals surface area contributed by atoms with Gasteiger partial charge in [0.1, 0.15) is 5.75 Å². The Labute approximate surface area is 165 Å². The Morgan fingerprint density at radius 2 is 2.21 bits per heavy atom. The van der Waals surface area contributed by atoms with Gasteiger partial charge in [0.25, 0.3) is 5.91 Å². The number of anilines is 1. The molecule has 0 saturated carbocycles. The molecular formula is C19H19N5O3S. The maximum absolute atomic E-state index is 12.2. The van der Waals surface area contributed by atoms with Gasteiger partial charge in [0, 0.05) is 25.2 Å². The largest absolute Gasteiger partial charge is 0.483 e. The van der Waals surface area contributed by atoms with Gasteiger partial charge < -0.3 is 14.0 Å². The summed E-state index contributed by atoms with van der Waals surface area (Å²) in [5, 5.41) is 12.4. The highest BCUT2D eigenvalue weighted by atomic mass is 32.1. The van der Waals surface area contributed by atoms with Crippen molar-refractivity contribution in [3.8, 4) is 16.5 Å². The van der Waals surface area contributed by atoms with Crippen LogP contribution in [0.25, 0.3) is 21.6 Å². The zero-order chi connectivity index (χ0) is 19.3. The molecule has 1 aromatic carbocycles. The number of hydrogen-bond donors (Lipinski definition) is 2. The third-order valence-corrected chi connectivity index (χ3v) is 5.04. The highest BCUT2D eigenvalue weighted by molar-refractivity contribution is 7.13. The summed E-state index contributed by atoms with van der Waals surface area (Å²) in [6.45, 7) is 1.24. The summed E-state index contributed by atoms with van der Waals surface area (Å²) in [6.07, 6.45) is 1.98. The first-order chi connectivity index (χ1) is 13.7. The van der Waals surface area contributed by atoms with Crippen LogP contribution in [-0.4, -0.2) is 46.0 Å². The fourth-order valence-corrected chi connectivity index (χ4v) is 3.51. The molecule has 3 aromatic heterocycles. The molecule has 9 heteroatoms. The van der Waals surface area contributed by atoms with Crippen LogP contribution in [-0.2, 0) is 16.1 Å². The van der Waals surface area contributed by atoms with E-state index in [1.165, 1.54) is 0 Å². The number of nitrogens with zero attached hydrogens (tertiary/aromatic N) is 3.